The Hall–Kier alpha value is -0.413. The van der Waals surface area contributed by atoms with Crippen molar-refractivity contribution in [2.75, 3.05) is 6.61 Å². The van der Waals surface area contributed by atoms with Gasteiger partial charge in [0, 0.05) is 6.61 Å². The Morgan fingerprint density at radius 1 is 1.00 bits per heavy atom. The van der Waals surface area contributed by atoms with Crippen molar-refractivity contribution in [2.45, 2.75) is 78.4 Å². The monoisotopic (exact) mass is 298 g/mol. The fourth-order valence-electron chi connectivity index (χ4n) is 3.49. The largest absolute Gasteiger partial charge is 0.416 e. The molecule has 0 aliphatic heterocycles. The summed E-state index contributed by atoms with van der Waals surface area (Å²) in [5.41, 5.74) is 2.71. The number of rotatable bonds is 9. The van der Waals surface area contributed by atoms with Gasteiger partial charge in [0.1, 0.15) is 6.29 Å². The minimum atomic E-state index is -1.73. The van der Waals surface area contributed by atoms with Crippen LogP contribution in [0.2, 0.25) is 16.6 Å². The summed E-state index contributed by atoms with van der Waals surface area (Å²) >= 11 is 0. The molecule has 0 radical (unpaired) electrons. The standard InChI is InChI=1S/C17H34O2Si/c1-13(2)20(14(3)4,15(5)6)19-10-9-16(7)11-17(8)12-18/h11-16H,9-10H2,1-8H3/b17-11+/t16-/m1/s1. The first kappa shape index (κ1) is 19.6. The molecule has 0 aromatic heterocycles. The molecule has 0 aromatic carbocycles. The van der Waals surface area contributed by atoms with Gasteiger partial charge in [-0.25, -0.2) is 0 Å². The SMILES string of the molecule is C/C(C=O)=C\[C@H](C)CCO[Si](C(C)C)(C(C)C)C(C)C. The van der Waals surface area contributed by atoms with E-state index < -0.39 is 8.32 Å². The molecule has 0 unspecified atom stereocenters. The minimum absolute atomic E-state index is 0.401. The fraction of sp³-hybridized carbons (Fsp3) is 0.824. The maximum absolute atomic E-state index is 10.6. The van der Waals surface area contributed by atoms with E-state index in [0.29, 0.717) is 22.5 Å². The molecule has 0 bridgehead atoms. The first-order valence-electron chi connectivity index (χ1n) is 7.95. The Morgan fingerprint density at radius 3 is 1.80 bits per heavy atom. The Kier molecular flexibility index (Phi) is 8.60. The van der Waals surface area contributed by atoms with Crippen LogP contribution in [0.1, 0.15) is 61.8 Å². The van der Waals surface area contributed by atoms with E-state index in [-0.39, 0.29) is 0 Å². The van der Waals surface area contributed by atoms with Crippen LogP contribution in [0.25, 0.3) is 0 Å². The van der Waals surface area contributed by atoms with E-state index in [1.807, 2.05) is 13.0 Å². The van der Waals surface area contributed by atoms with Crippen molar-refractivity contribution in [3.8, 4) is 0 Å². The highest BCUT2D eigenvalue weighted by Gasteiger charge is 2.44. The summed E-state index contributed by atoms with van der Waals surface area (Å²) in [6.07, 6.45) is 3.96. The molecule has 0 rings (SSSR count). The highest BCUT2D eigenvalue weighted by Crippen LogP contribution is 2.42. The van der Waals surface area contributed by atoms with Crippen LogP contribution in [-0.2, 0) is 9.22 Å². The lowest BCUT2D eigenvalue weighted by Gasteiger charge is -2.42. The summed E-state index contributed by atoms with van der Waals surface area (Å²) in [6, 6.07) is 0. The van der Waals surface area contributed by atoms with E-state index in [2.05, 4.69) is 48.5 Å². The lowest BCUT2D eigenvalue weighted by molar-refractivity contribution is -0.104. The van der Waals surface area contributed by atoms with E-state index >= 15 is 0 Å². The summed E-state index contributed by atoms with van der Waals surface area (Å²) in [5.74, 6) is 0.401. The molecule has 3 heteroatoms. The Morgan fingerprint density at radius 2 is 1.45 bits per heavy atom. The van der Waals surface area contributed by atoms with Gasteiger partial charge in [0.25, 0.3) is 0 Å². The molecule has 20 heavy (non-hydrogen) atoms. The van der Waals surface area contributed by atoms with Gasteiger partial charge in [0.15, 0.2) is 8.32 Å². The van der Waals surface area contributed by atoms with E-state index in [0.717, 1.165) is 24.9 Å². The zero-order valence-corrected chi connectivity index (χ0v) is 15.7. The summed E-state index contributed by atoms with van der Waals surface area (Å²) in [7, 11) is -1.73. The van der Waals surface area contributed by atoms with Gasteiger partial charge in [-0.15, -0.1) is 0 Å². The minimum Gasteiger partial charge on any atom is -0.416 e. The van der Waals surface area contributed by atoms with Crippen molar-refractivity contribution in [1.29, 1.82) is 0 Å². The van der Waals surface area contributed by atoms with Gasteiger partial charge in [0.05, 0.1) is 0 Å². The molecule has 0 aliphatic rings. The average Bonchev–Trinajstić information content (AvgIpc) is 2.32. The van der Waals surface area contributed by atoms with Crippen molar-refractivity contribution in [3.05, 3.63) is 11.6 Å². The van der Waals surface area contributed by atoms with Crippen LogP contribution in [0.15, 0.2) is 11.6 Å². The second-order valence-corrected chi connectivity index (χ2v) is 12.4. The van der Waals surface area contributed by atoms with E-state index in [9.17, 15) is 4.79 Å². The van der Waals surface area contributed by atoms with Crippen molar-refractivity contribution < 1.29 is 9.22 Å². The molecule has 0 spiro atoms. The predicted molar refractivity (Wildman–Crippen MR) is 90.6 cm³/mol. The maximum Gasteiger partial charge on any atom is 0.200 e. The van der Waals surface area contributed by atoms with Gasteiger partial charge < -0.3 is 4.43 Å². The van der Waals surface area contributed by atoms with Gasteiger partial charge in [0.2, 0.25) is 0 Å². The molecule has 0 amide bonds. The first-order chi connectivity index (χ1) is 9.18. The van der Waals surface area contributed by atoms with Gasteiger partial charge in [-0.2, -0.15) is 0 Å². The van der Waals surface area contributed by atoms with Crippen molar-refractivity contribution >= 4 is 14.6 Å². The third kappa shape index (κ3) is 5.17. The first-order valence-corrected chi connectivity index (χ1v) is 10.1. The van der Waals surface area contributed by atoms with Crippen molar-refractivity contribution in [1.82, 2.24) is 0 Å². The van der Waals surface area contributed by atoms with Gasteiger partial charge in [-0.3, -0.25) is 4.79 Å². The quantitative estimate of drug-likeness (QED) is 0.326. The van der Waals surface area contributed by atoms with Crippen LogP contribution < -0.4 is 0 Å². The Bertz CT molecular complexity index is 297. The zero-order valence-electron chi connectivity index (χ0n) is 14.7. The lowest BCUT2D eigenvalue weighted by atomic mass is 10.1. The molecule has 2 nitrogen and oxygen atoms in total. The molecule has 0 saturated heterocycles. The van der Waals surface area contributed by atoms with Crippen LogP contribution in [0, 0.1) is 5.92 Å². The van der Waals surface area contributed by atoms with Crippen molar-refractivity contribution in [2.24, 2.45) is 5.92 Å². The highest BCUT2D eigenvalue weighted by molar-refractivity contribution is 6.77. The topological polar surface area (TPSA) is 26.3 Å². The summed E-state index contributed by atoms with van der Waals surface area (Å²) in [5, 5.41) is 0. The Balaban J connectivity index is 4.68. The number of aldehydes is 1. The van der Waals surface area contributed by atoms with Crippen LogP contribution in [0.4, 0.5) is 0 Å². The summed E-state index contributed by atoms with van der Waals surface area (Å²) in [6.45, 7) is 18.7. The fourth-order valence-corrected chi connectivity index (χ4v) is 8.96. The molecule has 0 fully saturated rings. The number of allylic oxidation sites excluding steroid dienone is 2. The van der Waals surface area contributed by atoms with Crippen LogP contribution in [-0.4, -0.2) is 21.2 Å². The second-order valence-electron chi connectivity index (χ2n) is 6.96. The van der Waals surface area contributed by atoms with Crippen molar-refractivity contribution in [3.63, 3.8) is 0 Å². The van der Waals surface area contributed by atoms with E-state index in [4.69, 9.17) is 4.43 Å². The molecule has 0 saturated carbocycles. The molecule has 0 aromatic rings. The second kappa shape index (κ2) is 8.78. The van der Waals surface area contributed by atoms with Gasteiger partial charge in [-0.05, 0) is 41.5 Å². The molecule has 118 valence electrons. The summed E-state index contributed by atoms with van der Waals surface area (Å²) < 4.78 is 6.52. The van der Waals surface area contributed by atoms with Gasteiger partial charge >= 0.3 is 0 Å². The van der Waals surface area contributed by atoms with E-state index in [1.54, 1.807) is 0 Å². The summed E-state index contributed by atoms with van der Waals surface area (Å²) in [4.78, 5) is 10.6. The number of carbonyl (C=O) groups is 1. The van der Waals surface area contributed by atoms with Crippen LogP contribution in [0.3, 0.4) is 0 Å². The third-order valence-electron chi connectivity index (χ3n) is 4.37. The lowest BCUT2D eigenvalue weighted by Crippen LogP contribution is -2.48. The highest BCUT2D eigenvalue weighted by atomic mass is 28.4. The molecular weight excluding hydrogens is 264 g/mol. The molecule has 0 N–H and O–H groups in total. The van der Waals surface area contributed by atoms with Gasteiger partial charge in [-0.1, -0.05) is 54.5 Å². The average molecular weight is 299 g/mol. The maximum atomic E-state index is 10.6. The van der Waals surface area contributed by atoms with E-state index in [1.165, 1.54) is 0 Å². The molecule has 0 heterocycles. The number of carbonyl (C=O) groups excluding carboxylic acids is 1. The molecule has 0 aliphatic carbocycles. The smallest absolute Gasteiger partial charge is 0.200 e. The number of hydrogen-bond acceptors (Lipinski definition) is 2. The van der Waals surface area contributed by atoms with Crippen LogP contribution >= 0.6 is 0 Å². The third-order valence-corrected chi connectivity index (χ3v) is 10.5. The normalized spacial score (nSPS) is 15.2. The molecular formula is C17H34O2Si. The molecule has 1 atom stereocenters. The van der Waals surface area contributed by atoms with Crippen LogP contribution in [0.5, 0.6) is 0 Å². The predicted octanol–water partition coefficient (Wildman–Crippen LogP) is 5.35. The zero-order chi connectivity index (χ0) is 15.9. The Labute approximate surface area is 127 Å². The number of hydrogen-bond donors (Lipinski definition) is 0.